The smallest absolute Gasteiger partial charge is 0.232 e. The average molecular weight is 412 g/mol. The van der Waals surface area contributed by atoms with Crippen LogP contribution in [0.15, 0.2) is 12.2 Å². The summed E-state index contributed by atoms with van der Waals surface area (Å²) in [7, 11) is 0. The van der Waals surface area contributed by atoms with Crippen LogP contribution in [0.3, 0.4) is 0 Å². The van der Waals surface area contributed by atoms with Crippen molar-refractivity contribution in [3.63, 3.8) is 0 Å². The van der Waals surface area contributed by atoms with Gasteiger partial charge in [-0.1, -0.05) is 55.3 Å². The first-order valence-electron chi connectivity index (χ1n) is 9.41. The predicted molar refractivity (Wildman–Crippen MR) is 101 cm³/mol. The van der Waals surface area contributed by atoms with E-state index in [-0.39, 0.29) is 39.8 Å². The molecule has 25 heavy (non-hydrogen) atoms. The number of nitrogens with one attached hydrogen (secondary N) is 1. The Kier molecular flexibility index (Phi) is 4.95. The normalized spacial score (nSPS) is 42.0. The first-order chi connectivity index (χ1) is 11.6. The van der Waals surface area contributed by atoms with E-state index in [0.29, 0.717) is 12.3 Å². The van der Waals surface area contributed by atoms with Crippen molar-refractivity contribution in [2.24, 2.45) is 28.6 Å². The quantitative estimate of drug-likeness (QED) is 0.423. The second-order valence-electron chi connectivity index (χ2n) is 9.26. The number of fused-ring (bicyclic) bond motifs is 1. The Morgan fingerprint density at radius 3 is 2.60 bits per heavy atom. The van der Waals surface area contributed by atoms with Crippen LogP contribution in [0.25, 0.3) is 0 Å². The molecule has 0 radical (unpaired) electrons. The number of aliphatic hydroxyl groups excluding tert-OH is 1. The van der Waals surface area contributed by atoms with Crippen LogP contribution in [0.2, 0.25) is 0 Å². The molecule has 4 nitrogen and oxygen atoms in total. The summed E-state index contributed by atoms with van der Waals surface area (Å²) in [6, 6.07) is 0. The van der Waals surface area contributed by atoms with Crippen LogP contribution in [0.5, 0.6) is 0 Å². The molecule has 2 saturated carbocycles. The summed E-state index contributed by atoms with van der Waals surface area (Å²) in [5, 5.41) is 13.1. The van der Waals surface area contributed by atoms with E-state index in [9.17, 15) is 14.7 Å². The lowest BCUT2D eigenvalue weighted by Crippen LogP contribution is -2.52. The number of carbonyl (C=O) groups is 2. The predicted octanol–water partition coefficient (Wildman–Crippen LogP) is 3.57. The molecule has 0 aromatic carbocycles. The van der Waals surface area contributed by atoms with Crippen LogP contribution in [0, 0.1) is 28.6 Å². The van der Waals surface area contributed by atoms with Gasteiger partial charge in [0.2, 0.25) is 11.8 Å². The third-order valence-electron chi connectivity index (χ3n) is 7.31. The van der Waals surface area contributed by atoms with Crippen LogP contribution in [0.4, 0.5) is 0 Å². The van der Waals surface area contributed by atoms with E-state index in [2.05, 4.69) is 48.6 Å². The van der Waals surface area contributed by atoms with Gasteiger partial charge in [0.15, 0.2) is 0 Å². The Bertz CT molecular complexity index is 602. The molecular weight excluding hydrogens is 382 g/mol. The number of imide groups is 1. The number of halogens is 1. The van der Waals surface area contributed by atoms with Crippen LogP contribution in [0.1, 0.15) is 59.3 Å². The third-order valence-corrected chi connectivity index (χ3v) is 8.27. The molecule has 2 amide bonds. The number of rotatable bonds is 3. The van der Waals surface area contributed by atoms with Crippen LogP contribution < -0.4 is 5.32 Å². The minimum Gasteiger partial charge on any atom is -0.392 e. The molecule has 1 heterocycles. The van der Waals surface area contributed by atoms with Crippen molar-refractivity contribution in [1.82, 2.24) is 5.32 Å². The molecular formula is C20H30BrNO3. The monoisotopic (exact) mass is 411 g/mol. The standard InChI is InChI=1S/C20H30BrNO3/c1-11-13(9-15(23)12-8-17(24)22-18(12)25)20(4)7-5-6-19(2,3)16(20)10-14(11)21/h12-16,23H,1,5-10H2,2-4H3,(H,22,24,25)/t12-,13+,14-,15+,16+,20-/m1/s1. The molecule has 0 aromatic heterocycles. The zero-order valence-electron chi connectivity index (χ0n) is 15.5. The molecule has 1 saturated heterocycles. The van der Waals surface area contributed by atoms with Crippen molar-refractivity contribution >= 4 is 27.7 Å². The third kappa shape index (κ3) is 3.23. The van der Waals surface area contributed by atoms with E-state index < -0.39 is 12.0 Å². The van der Waals surface area contributed by atoms with E-state index in [1.54, 1.807) is 0 Å². The van der Waals surface area contributed by atoms with E-state index >= 15 is 0 Å². The molecule has 2 N–H and O–H groups in total. The van der Waals surface area contributed by atoms with Gasteiger partial charge in [-0.05, 0) is 48.3 Å². The first-order valence-corrected chi connectivity index (χ1v) is 10.3. The largest absolute Gasteiger partial charge is 0.392 e. The number of aliphatic hydroxyl groups is 1. The van der Waals surface area contributed by atoms with Gasteiger partial charge in [0.1, 0.15) is 0 Å². The van der Waals surface area contributed by atoms with Crippen LogP contribution in [-0.4, -0.2) is 27.9 Å². The van der Waals surface area contributed by atoms with Gasteiger partial charge in [-0.15, -0.1) is 0 Å². The van der Waals surface area contributed by atoms with Gasteiger partial charge in [-0.2, -0.15) is 0 Å². The molecule has 3 fully saturated rings. The van der Waals surface area contributed by atoms with Crippen LogP contribution in [-0.2, 0) is 9.59 Å². The summed E-state index contributed by atoms with van der Waals surface area (Å²) in [6.07, 6.45) is 4.44. The molecule has 0 aromatic rings. The van der Waals surface area contributed by atoms with E-state index in [0.717, 1.165) is 18.4 Å². The van der Waals surface area contributed by atoms with E-state index in [1.165, 1.54) is 12.8 Å². The van der Waals surface area contributed by atoms with Gasteiger partial charge in [0, 0.05) is 11.2 Å². The Labute approximate surface area is 159 Å². The van der Waals surface area contributed by atoms with Crippen molar-refractivity contribution in [1.29, 1.82) is 0 Å². The van der Waals surface area contributed by atoms with Crippen molar-refractivity contribution in [3.8, 4) is 0 Å². The summed E-state index contributed by atoms with van der Waals surface area (Å²) in [4.78, 5) is 23.7. The van der Waals surface area contributed by atoms with E-state index in [1.807, 2.05) is 0 Å². The van der Waals surface area contributed by atoms with Gasteiger partial charge in [-0.3, -0.25) is 14.9 Å². The molecule has 3 aliphatic rings. The maximum atomic E-state index is 12.0. The summed E-state index contributed by atoms with van der Waals surface area (Å²) >= 11 is 3.81. The summed E-state index contributed by atoms with van der Waals surface area (Å²) in [5.41, 5.74) is 1.49. The van der Waals surface area contributed by atoms with Gasteiger partial charge < -0.3 is 5.11 Å². The molecule has 2 aliphatic carbocycles. The highest BCUT2D eigenvalue weighted by molar-refractivity contribution is 9.09. The Morgan fingerprint density at radius 2 is 2.00 bits per heavy atom. The summed E-state index contributed by atoms with van der Waals surface area (Å²) in [6.45, 7) is 11.4. The minimum atomic E-state index is -0.798. The highest BCUT2D eigenvalue weighted by atomic mass is 79.9. The number of alkyl halides is 1. The highest BCUT2D eigenvalue weighted by Gasteiger charge is 2.55. The van der Waals surface area contributed by atoms with Crippen molar-refractivity contribution in [2.45, 2.75) is 70.2 Å². The number of allylic oxidation sites excluding steroid dienone is 1. The second-order valence-corrected chi connectivity index (χ2v) is 10.4. The number of carbonyl (C=O) groups excluding carboxylic acids is 2. The van der Waals surface area contributed by atoms with Crippen LogP contribution >= 0.6 is 15.9 Å². The summed E-state index contributed by atoms with van der Waals surface area (Å²) < 4.78 is 0. The molecule has 140 valence electrons. The topological polar surface area (TPSA) is 66.4 Å². The van der Waals surface area contributed by atoms with Gasteiger partial charge in [0.05, 0.1) is 12.0 Å². The fraction of sp³-hybridized carbons (Fsp3) is 0.800. The molecule has 3 rings (SSSR count). The number of hydrogen-bond acceptors (Lipinski definition) is 3. The zero-order chi connectivity index (χ0) is 18.6. The molecule has 6 atom stereocenters. The van der Waals surface area contributed by atoms with Crippen molar-refractivity contribution in [2.75, 3.05) is 0 Å². The van der Waals surface area contributed by atoms with Crippen molar-refractivity contribution in [3.05, 3.63) is 12.2 Å². The second kappa shape index (κ2) is 6.49. The lowest BCUT2D eigenvalue weighted by Gasteiger charge is -2.59. The lowest BCUT2D eigenvalue weighted by molar-refractivity contribution is -0.128. The van der Waals surface area contributed by atoms with E-state index in [4.69, 9.17) is 0 Å². The average Bonchev–Trinajstić information content (AvgIpc) is 2.85. The highest BCUT2D eigenvalue weighted by Crippen LogP contribution is 2.62. The summed E-state index contributed by atoms with van der Waals surface area (Å²) in [5.74, 6) is -0.513. The zero-order valence-corrected chi connectivity index (χ0v) is 17.1. The van der Waals surface area contributed by atoms with Gasteiger partial charge in [-0.25, -0.2) is 0 Å². The molecule has 0 spiro atoms. The Morgan fingerprint density at radius 1 is 1.32 bits per heavy atom. The molecule has 1 aliphatic heterocycles. The maximum absolute atomic E-state index is 12.0. The maximum Gasteiger partial charge on any atom is 0.232 e. The van der Waals surface area contributed by atoms with Gasteiger partial charge in [0.25, 0.3) is 0 Å². The van der Waals surface area contributed by atoms with Crippen molar-refractivity contribution < 1.29 is 14.7 Å². The SMILES string of the molecule is C=C1[C@H](Br)C[C@H]2C(C)(C)CCC[C@]2(C)[C@H]1C[C@H](O)[C@H]1CC(=O)NC1=O. The lowest BCUT2D eigenvalue weighted by atomic mass is 9.47. The first kappa shape index (κ1) is 19.1. The number of hydrogen-bond donors (Lipinski definition) is 2. The molecule has 0 bridgehead atoms. The van der Waals surface area contributed by atoms with Gasteiger partial charge >= 0.3 is 0 Å². The fourth-order valence-electron chi connectivity index (χ4n) is 5.88. The molecule has 5 heteroatoms. The Hall–Kier alpha value is -0.680. The Balaban J connectivity index is 1.86. The molecule has 0 unspecified atom stereocenters. The minimum absolute atomic E-state index is 0.0865. The number of amides is 2. The fourth-order valence-corrected chi connectivity index (χ4v) is 6.58.